The Balaban J connectivity index is 2.25. The highest BCUT2D eigenvalue weighted by Gasteiger charge is 2.29. The van der Waals surface area contributed by atoms with E-state index in [4.69, 9.17) is 4.74 Å². The van der Waals surface area contributed by atoms with Crippen molar-refractivity contribution >= 4 is 22.8 Å². The summed E-state index contributed by atoms with van der Waals surface area (Å²) in [6, 6.07) is 4.94. The van der Waals surface area contributed by atoms with Gasteiger partial charge in [0.2, 0.25) is 0 Å². The van der Waals surface area contributed by atoms with Gasteiger partial charge in [0.25, 0.3) is 0 Å². The Labute approximate surface area is 135 Å². The Kier molecular flexibility index (Phi) is 4.98. The third-order valence-corrected chi connectivity index (χ3v) is 4.55. The maximum absolute atomic E-state index is 12.4. The molecule has 3 nitrogen and oxygen atoms in total. The summed E-state index contributed by atoms with van der Waals surface area (Å²) in [6.45, 7) is 4.09. The van der Waals surface area contributed by atoms with Gasteiger partial charge in [0, 0.05) is 12.0 Å². The summed E-state index contributed by atoms with van der Waals surface area (Å²) < 4.78 is 57.7. The van der Waals surface area contributed by atoms with Gasteiger partial charge in [-0.25, -0.2) is 4.21 Å². The molecule has 23 heavy (non-hydrogen) atoms. The van der Waals surface area contributed by atoms with Crippen molar-refractivity contribution in [2.45, 2.75) is 38.1 Å². The van der Waals surface area contributed by atoms with Gasteiger partial charge in [0.1, 0.15) is 16.7 Å². The summed E-state index contributed by atoms with van der Waals surface area (Å²) >= 11 is 0. The van der Waals surface area contributed by atoms with Crippen LogP contribution in [-0.2, 0) is 17.4 Å². The summed E-state index contributed by atoms with van der Waals surface area (Å²) in [5, 5.41) is 0. The Bertz CT molecular complexity index is 673. The van der Waals surface area contributed by atoms with Crippen molar-refractivity contribution in [2.75, 3.05) is 6.61 Å². The van der Waals surface area contributed by atoms with Crippen molar-refractivity contribution in [2.24, 2.45) is 4.40 Å². The van der Waals surface area contributed by atoms with Crippen LogP contribution in [0.3, 0.4) is 0 Å². The number of rotatable bonds is 3. The quantitative estimate of drug-likeness (QED) is 0.827. The third-order valence-electron chi connectivity index (χ3n) is 3.10. The number of halogens is 3. The first-order valence-electron chi connectivity index (χ1n) is 7.05. The maximum Gasteiger partial charge on any atom is 0.422 e. The lowest BCUT2D eigenvalue weighted by Gasteiger charge is -2.19. The number of nitrogens with zero attached hydrogens (tertiary/aromatic N) is 1. The normalized spacial score (nSPS) is 17.9. The molecular formula is C16H18F3NO2S. The van der Waals surface area contributed by atoms with Gasteiger partial charge in [-0.05, 0) is 38.5 Å². The van der Waals surface area contributed by atoms with Gasteiger partial charge in [-0.2, -0.15) is 17.6 Å². The average molecular weight is 345 g/mol. The molecule has 0 fully saturated rings. The number of hydrogen-bond donors (Lipinski definition) is 0. The predicted octanol–water partition coefficient (Wildman–Crippen LogP) is 4.10. The number of benzene rings is 1. The molecule has 1 atom stereocenters. The second kappa shape index (κ2) is 6.47. The molecule has 0 radical (unpaired) electrons. The van der Waals surface area contributed by atoms with Crippen LogP contribution < -0.4 is 4.74 Å². The van der Waals surface area contributed by atoms with Gasteiger partial charge in [-0.15, -0.1) is 0 Å². The van der Waals surface area contributed by atoms with Crippen molar-refractivity contribution in [3.63, 3.8) is 0 Å². The van der Waals surface area contributed by atoms with Crippen molar-refractivity contribution in [1.29, 1.82) is 0 Å². The van der Waals surface area contributed by atoms with Crippen LogP contribution in [-0.4, -0.2) is 27.5 Å². The monoisotopic (exact) mass is 345 g/mol. The van der Waals surface area contributed by atoms with Crippen LogP contribution in [0.2, 0.25) is 0 Å². The molecule has 1 aromatic carbocycles. The standard InChI is InChI=1S/C16H18F3NO2S/c1-15(2,3)23(21)20-12-8-7-11-5-4-6-14(13(11)9-12)22-10-16(17,18)19/h4-8H,9-10H2,1-3H3/b20-12+/t23-/m1/s1. The van der Waals surface area contributed by atoms with E-state index in [-0.39, 0.29) is 5.75 Å². The topological polar surface area (TPSA) is 38.7 Å². The summed E-state index contributed by atoms with van der Waals surface area (Å²) in [5.41, 5.74) is 1.97. The average Bonchev–Trinajstić information content (AvgIpc) is 2.43. The summed E-state index contributed by atoms with van der Waals surface area (Å²) in [7, 11) is -1.42. The minimum absolute atomic E-state index is 0.179. The molecule has 0 unspecified atom stereocenters. The second-order valence-corrected chi connectivity index (χ2v) is 8.09. The van der Waals surface area contributed by atoms with Gasteiger partial charge in [0.15, 0.2) is 6.61 Å². The van der Waals surface area contributed by atoms with Crippen molar-refractivity contribution in [1.82, 2.24) is 0 Å². The Morgan fingerprint density at radius 1 is 1.22 bits per heavy atom. The summed E-state index contributed by atoms with van der Waals surface area (Å²) in [6.07, 6.45) is -0.614. The van der Waals surface area contributed by atoms with Crippen LogP contribution in [0, 0.1) is 0 Å². The first-order chi connectivity index (χ1) is 10.6. The third kappa shape index (κ3) is 4.92. The van der Waals surface area contributed by atoms with Crippen molar-refractivity contribution < 1.29 is 22.1 Å². The number of fused-ring (bicyclic) bond motifs is 1. The lowest BCUT2D eigenvalue weighted by molar-refractivity contribution is -0.153. The highest BCUT2D eigenvalue weighted by molar-refractivity contribution is 7.85. The van der Waals surface area contributed by atoms with E-state index in [1.807, 2.05) is 20.8 Å². The maximum atomic E-state index is 12.4. The zero-order valence-electron chi connectivity index (χ0n) is 13.1. The number of ether oxygens (including phenoxy) is 1. The molecule has 2 rings (SSSR count). The molecular weight excluding hydrogens is 327 g/mol. The van der Waals surface area contributed by atoms with E-state index in [0.29, 0.717) is 17.7 Å². The molecule has 0 N–H and O–H groups in total. The highest BCUT2D eigenvalue weighted by atomic mass is 32.2. The first kappa shape index (κ1) is 17.7. The smallest absolute Gasteiger partial charge is 0.422 e. The largest absolute Gasteiger partial charge is 0.484 e. The van der Waals surface area contributed by atoms with Crippen LogP contribution in [0.15, 0.2) is 28.7 Å². The number of hydrogen-bond acceptors (Lipinski definition) is 2. The fraction of sp³-hybridized carbons (Fsp3) is 0.438. The first-order valence-corrected chi connectivity index (χ1v) is 8.16. The van der Waals surface area contributed by atoms with Crippen LogP contribution >= 0.6 is 0 Å². The molecule has 0 bridgehead atoms. The molecule has 0 amide bonds. The minimum Gasteiger partial charge on any atom is -0.484 e. The van der Waals surface area contributed by atoms with E-state index in [9.17, 15) is 17.4 Å². The number of allylic oxidation sites excluding steroid dienone is 1. The molecule has 1 aliphatic rings. The molecule has 0 saturated heterocycles. The van der Waals surface area contributed by atoms with E-state index in [1.54, 1.807) is 24.3 Å². The van der Waals surface area contributed by atoms with Gasteiger partial charge in [0.05, 0.1) is 10.5 Å². The SMILES string of the molecule is CC(C)(C)[S@@](=O)/N=C1\C=Cc2cccc(OCC(F)(F)F)c2C1. The number of alkyl halides is 3. The molecule has 0 aromatic heterocycles. The van der Waals surface area contributed by atoms with Crippen LogP contribution in [0.4, 0.5) is 13.2 Å². The molecule has 0 heterocycles. The van der Waals surface area contributed by atoms with Gasteiger partial charge >= 0.3 is 6.18 Å². The zero-order chi connectivity index (χ0) is 17.3. The Morgan fingerprint density at radius 3 is 2.52 bits per heavy atom. The molecule has 0 aliphatic heterocycles. The molecule has 126 valence electrons. The van der Waals surface area contributed by atoms with Crippen molar-refractivity contribution in [3.05, 3.63) is 35.4 Å². The lowest BCUT2D eigenvalue weighted by atomic mass is 9.95. The molecule has 0 saturated carbocycles. The van der Waals surface area contributed by atoms with Crippen LogP contribution in [0.1, 0.15) is 31.9 Å². The van der Waals surface area contributed by atoms with Crippen LogP contribution in [0.25, 0.3) is 6.08 Å². The summed E-state index contributed by atoms with van der Waals surface area (Å²) in [4.78, 5) is 0. The van der Waals surface area contributed by atoms with E-state index in [2.05, 4.69) is 4.40 Å². The molecule has 7 heteroatoms. The van der Waals surface area contributed by atoms with E-state index < -0.39 is 28.5 Å². The van der Waals surface area contributed by atoms with Gasteiger partial charge in [-0.1, -0.05) is 18.2 Å². The van der Waals surface area contributed by atoms with Crippen molar-refractivity contribution in [3.8, 4) is 5.75 Å². The highest BCUT2D eigenvalue weighted by Crippen LogP contribution is 2.29. The van der Waals surface area contributed by atoms with E-state index in [1.165, 1.54) is 6.07 Å². The van der Waals surface area contributed by atoms with Gasteiger partial charge in [-0.3, -0.25) is 0 Å². The predicted molar refractivity (Wildman–Crippen MR) is 86.1 cm³/mol. The lowest BCUT2D eigenvalue weighted by Crippen LogP contribution is -2.22. The summed E-state index contributed by atoms with van der Waals surface area (Å²) in [5.74, 6) is 0.179. The fourth-order valence-electron chi connectivity index (χ4n) is 1.95. The fourth-order valence-corrected chi connectivity index (χ4v) is 2.57. The Morgan fingerprint density at radius 2 is 1.91 bits per heavy atom. The van der Waals surface area contributed by atoms with Crippen LogP contribution in [0.5, 0.6) is 5.75 Å². The van der Waals surface area contributed by atoms with E-state index in [0.717, 1.165) is 5.56 Å². The molecule has 0 spiro atoms. The zero-order valence-corrected chi connectivity index (χ0v) is 13.9. The second-order valence-electron chi connectivity index (χ2n) is 6.18. The molecule has 1 aliphatic carbocycles. The van der Waals surface area contributed by atoms with E-state index >= 15 is 0 Å². The minimum atomic E-state index is -4.39. The Hall–Kier alpha value is -1.63. The van der Waals surface area contributed by atoms with Gasteiger partial charge < -0.3 is 4.74 Å². The molecule has 1 aromatic rings.